The lowest BCUT2D eigenvalue weighted by atomic mass is 10.1. The number of benzene rings is 1. The van der Waals surface area contributed by atoms with E-state index in [0.29, 0.717) is 6.04 Å². The predicted molar refractivity (Wildman–Crippen MR) is 66.5 cm³/mol. The van der Waals surface area contributed by atoms with Gasteiger partial charge in [0.1, 0.15) is 0 Å². The van der Waals surface area contributed by atoms with Crippen LogP contribution in [0, 0.1) is 0 Å². The smallest absolute Gasteiger partial charge is 0.0587 e. The van der Waals surface area contributed by atoms with E-state index in [1.54, 1.807) is 0 Å². The van der Waals surface area contributed by atoms with Crippen molar-refractivity contribution in [1.82, 2.24) is 5.32 Å². The first-order valence-electron chi connectivity index (χ1n) is 5.13. The van der Waals surface area contributed by atoms with Gasteiger partial charge in [-0.3, -0.25) is 0 Å². The van der Waals surface area contributed by atoms with Crippen LogP contribution >= 0.6 is 12.4 Å². The molecule has 0 heterocycles. The number of rotatable bonds is 5. The van der Waals surface area contributed by atoms with Gasteiger partial charge in [-0.15, -0.1) is 12.4 Å². The molecule has 0 aromatic heterocycles. The van der Waals surface area contributed by atoms with E-state index >= 15 is 0 Å². The van der Waals surface area contributed by atoms with Crippen LogP contribution in [-0.2, 0) is 6.42 Å². The van der Waals surface area contributed by atoms with Crippen LogP contribution in [0.1, 0.15) is 19.4 Å². The van der Waals surface area contributed by atoms with Gasteiger partial charge in [-0.25, -0.2) is 0 Å². The SMILES string of the molecule is CC(C)N[C@@H](CO)Cc1ccccc1.Cl. The Morgan fingerprint density at radius 1 is 1.20 bits per heavy atom. The van der Waals surface area contributed by atoms with Crippen LogP contribution < -0.4 is 5.32 Å². The number of aliphatic hydroxyl groups is 1. The van der Waals surface area contributed by atoms with E-state index in [0.717, 1.165) is 6.42 Å². The summed E-state index contributed by atoms with van der Waals surface area (Å²) in [5.74, 6) is 0. The Bertz CT molecular complexity index is 251. The molecule has 1 atom stereocenters. The van der Waals surface area contributed by atoms with Gasteiger partial charge < -0.3 is 10.4 Å². The fourth-order valence-electron chi connectivity index (χ4n) is 1.55. The summed E-state index contributed by atoms with van der Waals surface area (Å²) in [5.41, 5.74) is 1.26. The Morgan fingerprint density at radius 3 is 2.27 bits per heavy atom. The number of nitrogens with one attached hydrogen (secondary N) is 1. The number of halogens is 1. The highest BCUT2D eigenvalue weighted by Crippen LogP contribution is 2.03. The monoisotopic (exact) mass is 229 g/mol. The van der Waals surface area contributed by atoms with Crippen molar-refractivity contribution in [3.8, 4) is 0 Å². The van der Waals surface area contributed by atoms with Crippen LogP contribution in [0.25, 0.3) is 0 Å². The van der Waals surface area contributed by atoms with Crippen LogP contribution in [0.3, 0.4) is 0 Å². The Labute approximate surface area is 98.1 Å². The topological polar surface area (TPSA) is 32.3 Å². The van der Waals surface area contributed by atoms with Gasteiger partial charge in [-0.1, -0.05) is 44.2 Å². The lowest BCUT2D eigenvalue weighted by Gasteiger charge is -2.18. The molecule has 2 nitrogen and oxygen atoms in total. The fraction of sp³-hybridized carbons (Fsp3) is 0.500. The second kappa shape index (κ2) is 7.69. The largest absolute Gasteiger partial charge is 0.395 e. The van der Waals surface area contributed by atoms with Crippen LogP contribution in [0.15, 0.2) is 30.3 Å². The third-order valence-corrected chi connectivity index (χ3v) is 2.11. The van der Waals surface area contributed by atoms with Crippen molar-refractivity contribution in [2.24, 2.45) is 0 Å². The molecule has 0 radical (unpaired) electrons. The van der Waals surface area contributed by atoms with Crippen molar-refractivity contribution in [1.29, 1.82) is 0 Å². The van der Waals surface area contributed by atoms with Crippen molar-refractivity contribution in [2.75, 3.05) is 6.61 Å². The van der Waals surface area contributed by atoms with E-state index < -0.39 is 0 Å². The van der Waals surface area contributed by atoms with Crippen molar-refractivity contribution in [3.05, 3.63) is 35.9 Å². The molecule has 0 aliphatic rings. The highest BCUT2D eigenvalue weighted by Gasteiger charge is 2.08. The van der Waals surface area contributed by atoms with Crippen molar-refractivity contribution in [2.45, 2.75) is 32.4 Å². The number of aliphatic hydroxyl groups excluding tert-OH is 1. The molecule has 1 aromatic rings. The normalized spacial score (nSPS) is 12.3. The van der Waals surface area contributed by atoms with Crippen LogP contribution in [0.2, 0.25) is 0 Å². The third-order valence-electron chi connectivity index (χ3n) is 2.11. The molecular weight excluding hydrogens is 210 g/mol. The molecule has 0 bridgehead atoms. The first-order valence-corrected chi connectivity index (χ1v) is 5.13. The Kier molecular flexibility index (Phi) is 7.39. The minimum Gasteiger partial charge on any atom is -0.395 e. The first-order chi connectivity index (χ1) is 6.72. The lowest BCUT2D eigenvalue weighted by Crippen LogP contribution is -2.39. The van der Waals surface area contributed by atoms with E-state index in [4.69, 9.17) is 0 Å². The average molecular weight is 230 g/mol. The Hall–Kier alpha value is -0.570. The van der Waals surface area contributed by atoms with Crippen molar-refractivity contribution >= 4 is 12.4 Å². The quantitative estimate of drug-likeness (QED) is 0.810. The standard InChI is InChI=1S/C12H19NO.ClH/c1-10(2)13-12(9-14)8-11-6-4-3-5-7-11;/h3-7,10,12-14H,8-9H2,1-2H3;1H/t12-;/m1./s1. The molecule has 86 valence electrons. The van der Waals surface area contributed by atoms with Crippen LogP contribution in [0.4, 0.5) is 0 Å². The average Bonchev–Trinajstić information content (AvgIpc) is 2.17. The number of hydrogen-bond acceptors (Lipinski definition) is 2. The van der Waals surface area contributed by atoms with E-state index in [1.807, 2.05) is 18.2 Å². The molecule has 3 heteroatoms. The molecule has 2 N–H and O–H groups in total. The first kappa shape index (κ1) is 14.4. The highest BCUT2D eigenvalue weighted by atomic mass is 35.5. The number of hydrogen-bond donors (Lipinski definition) is 2. The molecule has 0 saturated carbocycles. The molecule has 1 aromatic carbocycles. The van der Waals surface area contributed by atoms with Gasteiger partial charge in [-0.05, 0) is 12.0 Å². The van der Waals surface area contributed by atoms with Gasteiger partial charge in [0.2, 0.25) is 0 Å². The molecule has 0 aliphatic carbocycles. The Balaban J connectivity index is 0.00000196. The summed E-state index contributed by atoms with van der Waals surface area (Å²) in [6.45, 7) is 4.37. The molecule has 0 amide bonds. The third kappa shape index (κ3) is 5.78. The van der Waals surface area contributed by atoms with E-state index in [-0.39, 0.29) is 25.1 Å². The van der Waals surface area contributed by atoms with Gasteiger partial charge in [0.15, 0.2) is 0 Å². The minimum atomic E-state index is 0. The summed E-state index contributed by atoms with van der Waals surface area (Å²) < 4.78 is 0. The zero-order valence-corrected chi connectivity index (χ0v) is 10.1. The zero-order valence-electron chi connectivity index (χ0n) is 9.31. The highest BCUT2D eigenvalue weighted by molar-refractivity contribution is 5.85. The Morgan fingerprint density at radius 2 is 1.80 bits per heavy atom. The maximum absolute atomic E-state index is 9.17. The predicted octanol–water partition coefficient (Wildman–Crippen LogP) is 2.01. The second-order valence-electron chi connectivity index (χ2n) is 3.89. The molecule has 1 rings (SSSR count). The van der Waals surface area contributed by atoms with Crippen LogP contribution in [0.5, 0.6) is 0 Å². The summed E-state index contributed by atoms with van der Waals surface area (Å²) in [6, 6.07) is 10.8. The van der Waals surface area contributed by atoms with Gasteiger partial charge in [-0.2, -0.15) is 0 Å². The van der Waals surface area contributed by atoms with E-state index in [2.05, 4.69) is 31.3 Å². The summed E-state index contributed by atoms with van der Waals surface area (Å²) in [7, 11) is 0. The van der Waals surface area contributed by atoms with Crippen molar-refractivity contribution < 1.29 is 5.11 Å². The molecule has 0 saturated heterocycles. The molecule has 0 aliphatic heterocycles. The summed E-state index contributed by atoms with van der Waals surface area (Å²) >= 11 is 0. The van der Waals surface area contributed by atoms with E-state index in [1.165, 1.54) is 5.56 Å². The second-order valence-corrected chi connectivity index (χ2v) is 3.89. The molecule has 0 fully saturated rings. The van der Waals surface area contributed by atoms with Gasteiger partial charge >= 0.3 is 0 Å². The molecule has 0 spiro atoms. The van der Waals surface area contributed by atoms with Crippen molar-refractivity contribution in [3.63, 3.8) is 0 Å². The fourth-order valence-corrected chi connectivity index (χ4v) is 1.55. The molecule has 15 heavy (non-hydrogen) atoms. The summed E-state index contributed by atoms with van der Waals surface area (Å²) in [4.78, 5) is 0. The maximum atomic E-state index is 9.17. The zero-order chi connectivity index (χ0) is 10.4. The van der Waals surface area contributed by atoms with Gasteiger partial charge in [0.25, 0.3) is 0 Å². The maximum Gasteiger partial charge on any atom is 0.0587 e. The minimum absolute atomic E-state index is 0. The molecular formula is C12H20ClNO. The lowest BCUT2D eigenvalue weighted by molar-refractivity contribution is 0.234. The molecule has 0 unspecified atom stereocenters. The van der Waals surface area contributed by atoms with Gasteiger partial charge in [0.05, 0.1) is 6.61 Å². The van der Waals surface area contributed by atoms with Gasteiger partial charge in [0, 0.05) is 12.1 Å². The summed E-state index contributed by atoms with van der Waals surface area (Å²) in [6.07, 6.45) is 0.884. The summed E-state index contributed by atoms with van der Waals surface area (Å²) in [5, 5.41) is 12.5. The van der Waals surface area contributed by atoms with E-state index in [9.17, 15) is 5.11 Å². The van der Waals surface area contributed by atoms with Crippen LogP contribution in [-0.4, -0.2) is 23.8 Å².